The number of rotatable bonds is 2. The van der Waals surface area contributed by atoms with Crippen molar-refractivity contribution in [3.8, 4) is 0 Å². The first-order valence-corrected chi connectivity index (χ1v) is 5.78. The number of hydrogen-bond acceptors (Lipinski definition) is 4. The Morgan fingerprint density at radius 1 is 1.62 bits per heavy atom. The largest absolute Gasteiger partial charge is 0.395 e. The maximum absolute atomic E-state index is 13.6. The lowest BCUT2D eigenvalue weighted by atomic mass is 10.2. The Labute approximate surface area is 94.3 Å². The molecule has 0 aliphatic carbocycles. The molecule has 0 aromatic carbocycles. The molecule has 1 aromatic heterocycles. The molecule has 5 nitrogen and oxygen atoms in total. The summed E-state index contributed by atoms with van der Waals surface area (Å²) in [7, 11) is 0. The standard InChI is InChI=1S/C9H11FN2O3S/c10-6-3-5(4-13)16-8(6)12-2-1-7(14)11-9(12)15/h1-2,5-6,8,13H,3-4H2,(H,11,14,15). The second-order valence-electron chi connectivity index (χ2n) is 3.60. The van der Waals surface area contributed by atoms with Crippen LogP contribution < -0.4 is 11.2 Å². The highest BCUT2D eigenvalue weighted by molar-refractivity contribution is 8.00. The Kier molecular flexibility index (Phi) is 3.15. The van der Waals surface area contributed by atoms with Crippen LogP contribution in [0, 0.1) is 0 Å². The summed E-state index contributed by atoms with van der Waals surface area (Å²) in [5.74, 6) is 0. The van der Waals surface area contributed by atoms with Gasteiger partial charge in [0.15, 0.2) is 0 Å². The van der Waals surface area contributed by atoms with Gasteiger partial charge in [0.05, 0.1) is 6.61 Å². The second kappa shape index (κ2) is 4.42. The summed E-state index contributed by atoms with van der Waals surface area (Å²) in [6, 6.07) is 1.18. The van der Waals surface area contributed by atoms with Crippen LogP contribution in [0.3, 0.4) is 0 Å². The van der Waals surface area contributed by atoms with Gasteiger partial charge < -0.3 is 5.11 Å². The van der Waals surface area contributed by atoms with Crippen molar-refractivity contribution in [3.05, 3.63) is 33.1 Å². The molecule has 0 bridgehead atoms. The normalized spacial score (nSPS) is 29.5. The van der Waals surface area contributed by atoms with Crippen molar-refractivity contribution in [1.29, 1.82) is 0 Å². The number of H-pyrrole nitrogens is 1. The summed E-state index contributed by atoms with van der Waals surface area (Å²) in [5, 5.41) is 8.07. The highest BCUT2D eigenvalue weighted by Crippen LogP contribution is 2.42. The van der Waals surface area contributed by atoms with Crippen molar-refractivity contribution < 1.29 is 9.50 Å². The van der Waals surface area contributed by atoms with Gasteiger partial charge in [0.25, 0.3) is 5.56 Å². The first-order valence-electron chi connectivity index (χ1n) is 4.83. The average molecular weight is 246 g/mol. The van der Waals surface area contributed by atoms with Crippen LogP contribution in [0.4, 0.5) is 4.39 Å². The summed E-state index contributed by atoms with van der Waals surface area (Å²) >= 11 is 1.21. The van der Waals surface area contributed by atoms with Gasteiger partial charge in [-0.15, -0.1) is 11.8 Å². The first kappa shape index (κ1) is 11.4. The van der Waals surface area contributed by atoms with Gasteiger partial charge in [-0.3, -0.25) is 14.3 Å². The molecule has 2 heterocycles. The molecule has 88 valence electrons. The molecule has 1 fully saturated rings. The summed E-state index contributed by atoms with van der Waals surface area (Å²) in [6.45, 7) is -0.111. The Balaban J connectivity index is 2.31. The Morgan fingerprint density at radius 3 is 2.94 bits per heavy atom. The second-order valence-corrected chi connectivity index (χ2v) is 5.02. The number of aliphatic hydroxyl groups is 1. The smallest absolute Gasteiger partial charge is 0.329 e. The number of halogens is 1. The Hall–Kier alpha value is -1.08. The first-order chi connectivity index (χ1) is 7.61. The lowest BCUT2D eigenvalue weighted by Gasteiger charge is -2.14. The minimum atomic E-state index is -1.19. The fourth-order valence-electron chi connectivity index (χ4n) is 1.69. The monoisotopic (exact) mass is 246 g/mol. The predicted octanol–water partition coefficient (Wildman–Crippen LogP) is -0.129. The van der Waals surface area contributed by atoms with Crippen molar-refractivity contribution in [2.75, 3.05) is 6.61 Å². The molecule has 1 aromatic rings. The van der Waals surface area contributed by atoms with Gasteiger partial charge in [-0.05, 0) is 6.42 Å². The van der Waals surface area contributed by atoms with E-state index in [1.807, 2.05) is 0 Å². The topological polar surface area (TPSA) is 75.1 Å². The van der Waals surface area contributed by atoms with Crippen molar-refractivity contribution >= 4 is 11.8 Å². The van der Waals surface area contributed by atoms with E-state index in [4.69, 9.17) is 5.11 Å². The minimum Gasteiger partial charge on any atom is -0.395 e. The van der Waals surface area contributed by atoms with E-state index in [1.54, 1.807) is 0 Å². The number of hydrogen-bond donors (Lipinski definition) is 2. The number of aromatic nitrogens is 2. The van der Waals surface area contributed by atoms with Crippen LogP contribution in [0.2, 0.25) is 0 Å². The van der Waals surface area contributed by atoms with E-state index in [0.29, 0.717) is 0 Å². The van der Waals surface area contributed by atoms with Gasteiger partial charge in [0.2, 0.25) is 0 Å². The minimum absolute atomic E-state index is 0.111. The Bertz CT molecular complexity index is 486. The molecule has 0 spiro atoms. The Morgan fingerprint density at radius 2 is 2.38 bits per heavy atom. The van der Waals surface area contributed by atoms with Gasteiger partial charge in [-0.1, -0.05) is 0 Å². The van der Waals surface area contributed by atoms with E-state index < -0.39 is 22.8 Å². The van der Waals surface area contributed by atoms with Gasteiger partial charge in [0.1, 0.15) is 11.5 Å². The molecule has 1 aliphatic heterocycles. The fourth-order valence-corrected chi connectivity index (χ4v) is 3.04. The lowest BCUT2D eigenvalue weighted by Crippen LogP contribution is -2.32. The molecule has 3 unspecified atom stereocenters. The van der Waals surface area contributed by atoms with Crippen LogP contribution in [0.15, 0.2) is 21.9 Å². The molecule has 1 aliphatic rings. The van der Waals surface area contributed by atoms with E-state index in [2.05, 4.69) is 4.98 Å². The SMILES string of the molecule is O=c1ccn(C2SC(CO)CC2F)c(=O)[nH]1. The maximum atomic E-state index is 13.6. The van der Waals surface area contributed by atoms with Crippen LogP contribution in [0.1, 0.15) is 11.8 Å². The molecule has 2 N–H and O–H groups in total. The zero-order valence-electron chi connectivity index (χ0n) is 8.30. The van der Waals surface area contributed by atoms with E-state index >= 15 is 0 Å². The third-order valence-electron chi connectivity index (χ3n) is 2.46. The molecule has 0 saturated carbocycles. The highest BCUT2D eigenvalue weighted by atomic mass is 32.2. The quantitative estimate of drug-likeness (QED) is 0.762. The lowest BCUT2D eigenvalue weighted by molar-refractivity contribution is 0.248. The number of aliphatic hydroxyl groups excluding tert-OH is 1. The number of thioether (sulfide) groups is 1. The zero-order valence-corrected chi connectivity index (χ0v) is 9.11. The van der Waals surface area contributed by atoms with Crippen molar-refractivity contribution in [1.82, 2.24) is 9.55 Å². The number of nitrogens with zero attached hydrogens (tertiary/aromatic N) is 1. The van der Waals surface area contributed by atoms with E-state index in [1.165, 1.54) is 24.0 Å². The summed E-state index contributed by atoms with van der Waals surface area (Å²) in [6.07, 6.45) is 0.313. The molecule has 0 amide bonds. The summed E-state index contributed by atoms with van der Waals surface area (Å²) in [5.41, 5.74) is -1.12. The van der Waals surface area contributed by atoms with Crippen LogP contribution >= 0.6 is 11.8 Å². The molecule has 3 atom stereocenters. The van der Waals surface area contributed by atoms with E-state index in [0.717, 1.165) is 4.57 Å². The summed E-state index contributed by atoms with van der Waals surface area (Å²) < 4.78 is 14.8. The molecule has 1 saturated heterocycles. The highest BCUT2D eigenvalue weighted by Gasteiger charge is 2.36. The van der Waals surface area contributed by atoms with E-state index in [-0.39, 0.29) is 18.3 Å². The fraction of sp³-hybridized carbons (Fsp3) is 0.556. The maximum Gasteiger partial charge on any atom is 0.329 e. The number of nitrogens with one attached hydrogen (secondary N) is 1. The van der Waals surface area contributed by atoms with Gasteiger partial charge in [-0.2, -0.15) is 0 Å². The molecular weight excluding hydrogens is 235 g/mol. The van der Waals surface area contributed by atoms with Crippen LogP contribution in [0.5, 0.6) is 0 Å². The van der Waals surface area contributed by atoms with Crippen LogP contribution in [0.25, 0.3) is 0 Å². The van der Waals surface area contributed by atoms with Crippen molar-refractivity contribution in [2.45, 2.75) is 23.2 Å². The predicted molar refractivity (Wildman–Crippen MR) is 58.3 cm³/mol. The third kappa shape index (κ3) is 2.05. The molecule has 0 radical (unpaired) electrons. The number of aromatic amines is 1. The van der Waals surface area contributed by atoms with Gasteiger partial charge in [-0.25, -0.2) is 9.18 Å². The van der Waals surface area contributed by atoms with Crippen LogP contribution in [-0.4, -0.2) is 32.7 Å². The van der Waals surface area contributed by atoms with Gasteiger partial charge in [0, 0.05) is 17.5 Å². The molecular formula is C9H11FN2O3S. The number of alkyl halides is 1. The van der Waals surface area contributed by atoms with Crippen LogP contribution in [-0.2, 0) is 0 Å². The molecule has 16 heavy (non-hydrogen) atoms. The molecule has 2 rings (SSSR count). The molecule has 7 heteroatoms. The third-order valence-corrected chi connectivity index (χ3v) is 3.99. The van der Waals surface area contributed by atoms with Crippen molar-refractivity contribution in [3.63, 3.8) is 0 Å². The average Bonchev–Trinajstić information content (AvgIpc) is 2.60. The zero-order chi connectivity index (χ0) is 11.7. The van der Waals surface area contributed by atoms with Crippen molar-refractivity contribution in [2.24, 2.45) is 0 Å². The summed E-state index contributed by atoms with van der Waals surface area (Å²) in [4.78, 5) is 24.4. The van der Waals surface area contributed by atoms with E-state index in [9.17, 15) is 14.0 Å². The van der Waals surface area contributed by atoms with Gasteiger partial charge >= 0.3 is 5.69 Å².